The van der Waals surface area contributed by atoms with E-state index in [1.807, 2.05) is 11.1 Å². The third-order valence-corrected chi connectivity index (χ3v) is 4.96. The maximum absolute atomic E-state index is 12.1. The number of ether oxygens (including phenoxy) is 1. The number of aryl methyl sites for hydroxylation is 1. The van der Waals surface area contributed by atoms with Gasteiger partial charge in [0.2, 0.25) is 0 Å². The molecule has 0 unspecified atom stereocenters. The van der Waals surface area contributed by atoms with Crippen molar-refractivity contribution in [1.29, 1.82) is 0 Å². The lowest BCUT2D eigenvalue weighted by Gasteiger charge is -2.36. The first-order valence-electron chi connectivity index (χ1n) is 8.52. The number of hydrogen-bond donors (Lipinski definition) is 1. The molecule has 0 spiro atoms. The van der Waals surface area contributed by atoms with Crippen LogP contribution in [0.2, 0.25) is 0 Å². The SMILES string of the molecule is CCn1nccc1CCN1CC[C@H]2[C@@H](C1)NC(=O)N2CCOC. The molecule has 7 nitrogen and oxygen atoms in total. The predicted molar refractivity (Wildman–Crippen MR) is 87.4 cm³/mol. The Morgan fingerprint density at radius 1 is 1.43 bits per heavy atom. The summed E-state index contributed by atoms with van der Waals surface area (Å²) in [5.41, 5.74) is 1.28. The van der Waals surface area contributed by atoms with Crippen LogP contribution in [-0.2, 0) is 17.7 Å². The summed E-state index contributed by atoms with van der Waals surface area (Å²) in [6.45, 7) is 7.30. The predicted octanol–water partition coefficient (Wildman–Crippen LogP) is 0.560. The molecule has 0 aromatic carbocycles. The van der Waals surface area contributed by atoms with Crippen molar-refractivity contribution in [3.05, 3.63) is 18.0 Å². The Bertz CT molecular complexity index is 532. The van der Waals surface area contributed by atoms with Gasteiger partial charge in [-0.15, -0.1) is 0 Å². The second-order valence-corrected chi connectivity index (χ2v) is 6.29. The largest absolute Gasteiger partial charge is 0.383 e. The average Bonchev–Trinajstić information content (AvgIpc) is 3.13. The Morgan fingerprint density at radius 2 is 2.30 bits per heavy atom. The highest BCUT2D eigenvalue weighted by Gasteiger charge is 2.41. The number of rotatable bonds is 7. The van der Waals surface area contributed by atoms with E-state index >= 15 is 0 Å². The Kier molecular flexibility index (Phi) is 5.17. The molecule has 0 saturated carbocycles. The number of piperidine rings is 1. The van der Waals surface area contributed by atoms with Crippen molar-refractivity contribution in [1.82, 2.24) is 24.9 Å². The number of likely N-dealkylation sites (tertiary alicyclic amines) is 1. The topological polar surface area (TPSA) is 62.6 Å². The van der Waals surface area contributed by atoms with Gasteiger partial charge in [-0.05, 0) is 19.4 Å². The van der Waals surface area contributed by atoms with E-state index in [-0.39, 0.29) is 12.1 Å². The summed E-state index contributed by atoms with van der Waals surface area (Å²) in [6.07, 6.45) is 3.91. The average molecular weight is 321 g/mol. The number of fused-ring (bicyclic) bond motifs is 1. The van der Waals surface area contributed by atoms with Gasteiger partial charge in [0, 0.05) is 58.1 Å². The number of carbonyl (C=O) groups is 1. The third kappa shape index (κ3) is 3.50. The lowest BCUT2D eigenvalue weighted by molar-refractivity contribution is 0.114. The molecule has 2 aliphatic heterocycles. The van der Waals surface area contributed by atoms with Gasteiger partial charge in [-0.25, -0.2) is 4.79 Å². The molecule has 2 saturated heterocycles. The molecule has 2 atom stereocenters. The number of urea groups is 1. The molecule has 2 fully saturated rings. The molecule has 23 heavy (non-hydrogen) atoms. The molecular formula is C16H27N5O2. The summed E-state index contributed by atoms with van der Waals surface area (Å²) >= 11 is 0. The van der Waals surface area contributed by atoms with Crippen LogP contribution in [0, 0.1) is 0 Å². The Balaban J connectivity index is 1.52. The molecule has 0 aliphatic carbocycles. The first-order valence-corrected chi connectivity index (χ1v) is 8.52. The number of hydrogen-bond acceptors (Lipinski definition) is 4. The van der Waals surface area contributed by atoms with Crippen LogP contribution in [0.3, 0.4) is 0 Å². The minimum absolute atomic E-state index is 0.0583. The second-order valence-electron chi connectivity index (χ2n) is 6.29. The number of nitrogens with zero attached hydrogens (tertiary/aromatic N) is 4. The summed E-state index contributed by atoms with van der Waals surface area (Å²) in [7, 11) is 1.68. The van der Waals surface area contributed by atoms with Crippen molar-refractivity contribution in [3.63, 3.8) is 0 Å². The maximum Gasteiger partial charge on any atom is 0.318 e. The molecule has 2 aliphatic rings. The van der Waals surface area contributed by atoms with Crippen molar-refractivity contribution in [2.45, 2.75) is 38.4 Å². The summed E-state index contributed by atoms with van der Waals surface area (Å²) in [5, 5.41) is 7.46. The number of amides is 2. The highest BCUT2D eigenvalue weighted by Crippen LogP contribution is 2.22. The Morgan fingerprint density at radius 3 is 3.09 bits per heavy atom. The van der Waals surface area contributed by atoms with E-state index in [0.717, 1.165) is 39.0 Å². The molecule has 1 N–H and O–H groups in total. The van der Waals surface area contributed by atoms with E-state index in [9.17, 15) is 4.79 Å². The molecule has 128 valence electrons. The maximum atomic E-state index is 12.1. The Hall–Kier alpha value is -1.60. The summed E-state index contributed by atoms with van der Waals surface area (Å²) in [5.74, 6) is 0. The normalized spacial score (nSPS) is 24.8. The van der Waals surface area contributed by atoms with Crippen LogP contribution in [0.5, 0.6) is 0 Å². The van der Waals surface area contributed by atoms with Crippen molar-refractivity contribution >= 4 is 6.03 Å². The van der Waals surface area contributed by atoms with E-state index in [2.05, 4.69) is 33.0 Å². The standard InChI is InChI=1S/C16H27N5O2/c1-3-21-13(4-7-17-21)5-8-19-9-6-15-14(12-19)18-16(22)20(15)10-11-23-2/h4,7,14-15H,3,5-6,8-12H2,1-2H3,(H,18,22)/t14-,15+/m1/s1. The van der Waals surface area contributed by atoms with Gasteiger partial charge in [-0.3, -0.25) is 4.68 Å². The Labute approximate surface area is 137 Å². The number of nitrogens with one attached hydrogen (secondary N) is 1. The first-order chi connectivity index (χ1) is 11.2. The minimum atomic E-state index is 0.0583. The lowest BCUT2D eigenvalue weighted by Crippen LogP contribution is -2.51. The van der Waals surface area contributed by atoms with Crippen LogP contribution < -0.4 is 5.32 Å². The molecule has 3 rings (SSSR count). The molecule has 1 aromatic rings. The molecule has 2 amide bonds. The van der Waals surface area contributed by atoms with Crippen LogP contribution in [0.15, 0.2) is 12.3 Å². The van der Waals surface area contributed by atoms with E-state index in [4.69, 9.17) is 4.74 Å². The van der Waals surface area contributed by atoms with Crippen LogP contribution >= 0.6 is 0 Å². The zero-order valence-corrected chi connectivity index (χ0v) is 14.1. The fourth-order valence-electron chi connectivity index (χ4n) is 3.70. The zero-order chi connectivity index (χ0) is 16.2. The number of carbonyl (C=O) groups excluding carboxylic acids is 1. The number of aromatic nitrogens is 2. The highest BCUT2D eigenvalue weighted by molar-refractivity contribution is 5.77. The van der Waals surface area contributed by atoms with Crippen LogP contribution in [0.25, 0.3) is 0 Å². The van der Waals surface area contributed by atoms with E-state index in [1.54, 1.807) is 7.11 Å². The summed E-state index contributed by atoms with van der Waals surface area (Å²) < 4.78 is 7.17. The van der Waals surface area contributed by atoms with Gasteiger partial charge >= 0.3 is 6.03 Å². The monoisotopic (exact) mass is 321 g/mol. The zero-order valence-electron chi connectivity index (χ0n) is 14.1. The molecule has 0 radical (unpaired) electrons. The van der Waals surface area contributed by atoms with Crippen LogP contribution in [0.4, 0.5) is 4.79 Å². The van der Waals surface area contributed by atoms with Gasteiger partial charge in [0.15, 0.2) is 0 Å². The van der Waals surface area contributed by atoms with E-state index in [1.165, 1.54) is 5.69 Å². The van der Waals surface area contributed by atoms with Crippen molar-refractivity contribution in [3.8, 4) is 0 Å². The van der Waals surface area contributed by atoms with Gasteiger partial charge in [0.25, 0.3) is 0 Å². The first kappa shape index (κ1) is 16.3. The van der Waals surface area contributed by atoms with Gasteiger partial charge in [0.1, 0.15) is 0 Å². The molecule has 7 heteroatoms. The molecule has 0 bridgehead atoms. The van der Waals surface area contributed by atoms with Gasteiger partial charge in [-0.1, -0.05) is 0 Å². The van der Waals surface area contributed by atoms with E-state index in [0.29, 0.717) is 19.2 Å². The van der Waals surface area contributed by atoms with Gasteiger partial charge in [0.05, 0.1) is 18.7 Å². The fraction of sp³-hybridized carbons (Fsp3) is 0.750. The molecule has 1 aromatic heterocycles. The smallest absolute Gasteiger partial charge is 0.318 e. The summed E-state index contributed by atoms with van der Waals surface area (Å²) in [4.78, 5) is 16.5. The van der Waals surface area contributed by atoms with Crippen molar-refractivity contribution < 1.29 is 9.53 Å². The van der Waals surface area contributed by atoms with Gasteiger partial charge in [-0.2, -0.15) is 5.10 Å². The number of methoxy groups -OCH3 is 1. The fourth-order valence-corrected chi connectivity index (χ4v) is 3.70. The molecule has 3 heterocycles. The van der Waals surface area contributed by atoms with Crippen LogP contribution in [-0.4, -0.2) is 77.6 Å². The summed E-state index contributed by atoms with van der Waals surface area (Å²) in [6, 6.07) is 2.71. The van der Waals surface area contributed by atoms with Crippen molar-refractivity contribution in [2.24, 2.45) is 0 Å². The lowest BCUT2D eigenvalue weighted by atomic mass is 9.99. The quantitative estimate of drug-likeness (QED) is 0.797. The van der Waals surface area contributed by atoms with Crippen LogP contribution in [0.1, 0.15) is 19.0 Å². The third-order valence-electron chi connectivity index (χ3n) is 4.96. The van der Waals surface area contributed by atoms with Crippen molar-refractivity contribution in [2.75, 3.05) is 39.9 Å². The highest BCUT2D eigenvalue weighted by atomic mass is 16.5. The van der Waals surface area contributed by atoms with E-state index < -0.39 is 0 Å². The molecular weight excluding hydrogens is 294 g/mol. The van der Waals surface area contributed by atoms with Gasteiger partial charge < -0.3 is 19.9 Å². The minimum Gasteiger partial charge on any atom is -0.383 e. The second kappa shape index (κ2) is 7.31.